The van der Waals surface area contributed by atoms with Gasteiger partial charge in [0.25, 0.3) is 11.8 Å². The van der Waals surface area contributed by atoms with E-state index in [2.05, 4.69) is 15.6 Å². The van der Waals surface area contributed by atoms with Crippen LogP contribution in [-0.2, 0) is 6.42 Å². The van der Waals surface area contributed by atoms with Crippen LogP contribution in [0, 0.1) is 17.7 Å². The number of hydrogen-bond acceptors (Lipinski definition) is 4. The maximum atomic E-state index is 14.1. The maximum absolute atomic E-state index is 14.1. The first-order chi connectivity index (χ1) is 15.0. The zero-order valence-electron chi connectivity index (χ0n) is 17.3. The summed E-state index contributed by atoms with van der Waals surface area (Å²) in [6.07, 6.45) is 9.89. The fourth-order valence-corrected chi connectivity index (χ4v) is 5.41. The number of rotatable bonds is 8. The summed E-state index contributed by atoms with van der Waals surface area (Å²) in [5.41, 5.74) is -0.130. The van der Waals surface area contributed by atoms with E-state index in [-0.39, 0.29) is 28.6 Å². The second-order valence-corrected chi connectivity index (χ2v) is 10.1. The standard InChI is InChI=1S/C23H27ClFN3O2S/c24-21-11-17(18(25)12-26-21)22(29)28-19(15-4-2-1-3-5-15)13-27-23(30)20-9-8-16(31-20)10-14-6-7-14/h8-9,11-12,14-15,19H,1-7,10,13H2,(H,27,30)(H,28,29). The molecule has 0 aliphatic heterocycles. The van der Waals surface area contributed by atoms with Crippen LogP contribution in [0.5, 0.6) is 0 Å². The van der Waals surface area contributed by atoms with E-state index in [0.29, 0.717) is 11.4 Å². The smallest absolute Gasteiger partial charge is 0.261 e. The van der Waals surface area contributed by atoms with Gasteiger partial charge in [-0.05, 0) is 62.1 Å². The van der Waals surface area contributed by atoms with Crippen LogP contribution >= 0.6 is 22.9 Å². The first-order valence-electron chi connectivity index (χ1n) is 11.0. The van der Waals surface area contributed by atoms with Gasteiger partial charge in [0.2, 0.25) is 0 Å². The molecule has 0 spiro atoms. The molecule has 2 fully saturated rings. The highest BCUT2D eigenvalue weighted by Gasteiger charge is 2.28. The lowest BCUT2D eigenvalue weighted by molar-refractivity contribution is 0.0881. The normalized spacial score (nSPS) is 17.9. The summed E-state index contributed by atoms with van der Waals surface area (Å²) in [5, 5.41) is 5.99. The average Bonchev–Trinajstić information content (AvgIpc) is 3.47. The van der Waals surface area contributed by atoms with Gasteiger partial charge in [0.1, 0.15) is 5.15 Å². The molecule has 0 aromatic carbocycles. The lowest BCUT2D eigenvalue weighted by Gasteiger charge is -2.31. The van der Waals surface area contributed by atoms with Crippen LogP contribution in [0.4, 0.5) is 4.39 Å². The lowest BCUT2D eigenvalue weighted by atomic mass is 9.83. The first kappa shape index (κ1) is 22.2. The molecule has 0 saturated heterocycles. The van der Waals surface area contributed by atoms with E-state index in [0.717, 1.165) is 44.2 Å². The summed E-state index contributed by atoms with van der Waals surface area (Å²) in [4.78, 5) is 31.0. The Morgan fingerprint density at radius 3 is 2.68 bits per heavy atom. The SMILES string of the molecule is O=C(NCC(NC(=O)c1cc(Cl)ncc1F)C1CCCCC1)c1ccc(CC2CC2)s1. The monoisotopic (exact) mass is 463 g/mol. The van der Waals surface area contributed by atoms with Crippen LogP contribution in [0.1, 0.15) is 69.9 Å². The fourth-order valence-electron chi connectivity index (χ4n) is 4.21. The molecule has 2 amide bonds. The number of thiophene rings is 1. The zero-order valence-corrected chi connectivity index (χ0v) is 18.9. The van der Waals surface area contributed by atoms with Crippen molar-refractivity contribution in [3.63, 3.8) is 0 Å². The molecule has 1 atom stereocenters. The quantitative estimate of drug-likeness (QED) is 0.541. The topological polar surface area (TPSA) is 71.1 Å². The predicted molar refractivity (Wildman–Crippen MR) is 120 cm³/mol. The van der Waals surface area contributed by atoms with Crippen LogP contribution in [0.15, 0.2) is 24.4 Å². The number of carbonyl (C=O) groups is 2. The Morgan fingerprint density at radius 1 is 1.16 bits per heavy atom. The minimum Gasteiger partial charge on any atom is -0.349 e. The fraction of sp³-hybridized carbons (Fsp3) is 0.522. The lowest BCUT2D eigenvalue weighted by Crippen LogP contribution is -2.48. The molecular weight excluding hydrogens is 437 g/mol. The highest BCUT2D eigenvalue weighted by molar-refractivity contribution is 7.14. The van der Waals surface area contributed by atoms with Crippen molar-refractivity contribution in [3.05, 3.63) is 50.7 Å². The van der Waals surface area contributed by atoms with E-state index < -0.39 is 11.7 Å². The van der Waals surface area contributed by atoms with E-state index in [1.807, 2.05) is 12.1 Å². The Balaban J connectivity index is 1.40. The highest BCUT2D eigenvalue weighted by Crippen LogP contribution is 2.34. The third-order valence-corrected chi connectivity index (χ3v) is 7.47. The van der Waals surface area contributed by atoms with Gasteiger partial charge < -0.3 is 10.6 Å². The van der Waals surface area contributed by atoms with Crippen LogP contribution < -0.4 is 10.6 Å². The number of hydrogen-bond donors (Lipinski definition) is 2. The van der Waals surface area contributed by atoms with Gasteiger partial charge >= 0.3 is 0 Å². The number of carbonyl (C=O) groups excluding carboxylic acids is 2. The molecule has 2 aliphatic rings. The highest BCUT2D eigenvalue weighted by atomic mass is 35.5. The summed E-state index contributed by atoms with van der Waals surface area (Å²) >= 11 is 7.38. The predicted octanol–water partition coefficient (Wildman–Crippen LogP) is 5.00. The summed E-state index contributed by atoms with van der Waals surface area (Å²) < 4.78 is 14.1. The molecule has 0 bridgehead atoms. The zero-order chi connectivity index (χ0) is 21.8. The molecule has 2 saturated carbocycles. The van der Waals surface area contributed by atoms with E-state index in [4.69, 9.17) is 11.6 Å². The van der Waals surface area contributed by atoms with Crippen molar-refractivity contribution in [2.45, 2.75) is 57.4 Å². The summed E-state index contributed by atoms with van der Waals surface area (Å²) in [5.74, 6) is -0.348. The number of nitrogens with one attached hydrogen (secondary N) is 2. The van der Waals surface area contributed by atoms with Gasteiger partial charge in [0.15, 0.2) is 5.82 Å². The molecular formula is C23H27ClFN3O2S. The number of halogens is 2. The van der Waals surface area contributed by atoms with Crippen LogP contribution in [0.25, 0.3) is 0 Å². The van der Waals surface area contributed by atoms with Crippen LogP contribution in [0.2, 0.25) is 5.15 Å². The van der Waals surface area contributed by atoms with Crippen molar-refractivity contribution in [2.75, 3.05) is 6.54 Å². The minimum atomic E-state index is -0.713. The molecule has 1 unspecified atom stereocenters. The van der Waals surface area contributed by atoms with Crippen molar-refractivity contribution in [1.82, 2.24) is 15.6 Å². The van der Waals surface area contributed by atoms with Gasteiger partial charge in [0, 0.05) is 17.5 Å². The third-order valence-electron chi connectivity index (χ3n) is 6.16. The third kappa shape index (κ3) is 6.04. The Morgan fingerprint density at radius 2 is 1.94 bits per heavy atom. The van der Waals surface area contributed by atoms with E-state index in [9.17, 15) is 14.0 Å². The van der Waals surface area contributed by atoms with Crippen molar-refractivity contribution in [2.24, 2.45) is 11.8 Å². The maximum Gasteiger partial charge on any atom is 0.261 e. The average molecular weight is 464 g/mol. The van der Waals surface area contributed by atoms with Crippen LogP contribution in [-0.4, -0.2) is 29.4 Å². The van der Waals surface area contributed by atoms with E-state index >= 15 is 0 Å². The minimum absolute atomic E-state index is 0.0637. The molecule has 166 valence electrons. The first-order valence-corrected chi connectivity index (χ1v) is 12.2. The number of nitrogens with zero attached hydrogens (tertiary/aromatic N) is 1. The Kier molecular flexibility index (Phi) is 7.23. The number of pyridine rings is 1. The Bertz CT molecular complexity index is 941. The van der Waals surface area contributed by atoms with E-state index in [1.165, 1.54) is 30.2 Å². The summed E-state index contributed by atoms with van der Waals surface area (Å²) in [7, 11) is 0. The van der Waals surface area contributed by atoms with Crippen molar-refractivity contribution in [1.29, 1.82) is 0 Å². The van der Waals surface area contributed by atoms with Crippen molar-refractivity contribution in [3.8, 4) is 0 Å². The molecule has 2 N–H and O–H groups in total. The van der Waals surface area contributed by atoms with Gasteiger partial charge in [-0.25, -0.2) is 9.37 Å². The van der Waals surface area contributed by atoms with E-state index in [1.54, 1.807) is 11.3 Å². The van der Waals surface area contributed by atoms with Crippen molar-refractivity contribution < 1.29 is 14.0 Å². The molecule has 5 nitrogen and oxygen atoms in total. The second-order valence-electron chi connectivity index (χ2n) is 8.59. The Labute approximate surface area is 190 Å². The van der Waals surface area contributed by atoms with Crippen molar-refractivity contribution >= 4 is 34.8 Å². The molecule has 8 heteroatoms. The largest absolute Gasteiger partial charge is 0.349 e. The van der Waals surface area contributed by atoms with Gasteiger partial charge in [-0.1, -0.05) is 30.9 Å². The summed E-state index contributed by atoms with van der Waals surface area (Å²) in [6.45, 7) is 0.311. The molecule has 31 heavy (non-hydrogen) atoms. The van der Waals surface area contributed by atoms with Gasteiger partial charge in [-0.2, -0.15) is 0 Å². The van der Waals surface area contributed by atoms with Gasteiger partial charge in [-0.3, -0.25) is 9.59 Å². The number of amides is 2. The molecule has 4 rings (SSSR count). The number of aromatic nitrogens is 1. The second kappa shape index (κ2) is 10.1. The van der Waals surface area contributed by atoms with Gasteiger partial charge in [0.05, 0.1) is 16.6 Å². The molecule has 2 heterocycles. The molecule has 0 radical (unpaired) electrons. The Hall–Kier alpha value is -1.99. The van der Waals surface area contributed by atoms with Crippen LogP contribution in [0.3, 0.4) is 0 Å². The van der Waals surface area contributed by atoms with Gasteiger partial charge in [-0.15, -0.1) is 11.3 Å². The molecule has 2 aromatic heterocycles. The molecule has 2 aliphatic carbocycles. The molecule has 2 aromatic rings. The summed E-state index contributed by atoms with van der Waals surface area (Å²) in [6, 6.07) is 4.87.